The maximum Gasteiger partial charge on any atom is 0.126 e. The van der Waals surface area contributed by atoms with Crippen molar-refractivity contribution >= 4 is 0 Å². The van der Waals surface area contributed by atoms with E-state index in [-0.39, 0.29) is 27.1 Å². The Morgan fingerprint density at radius 1 is 0.833 bits per heavy atom. The summed E-state index contributed by atoms with van der Waals surface area (Å²) >= 11 is 0. The number of benzene rings is 1. The minimum atomic E-state index is -0.0369. The third-order valence-corrected chi connectivity index (χ3v) is 8.30. The molecule has 1 aliphatic rings. The van der Waals surface area contributed by atoms with Gasteiger partial charge in [-0.25, -0.2) is 0 Å². The van der Waals surface area contributed by atoms with Crippen molar-refractivity contribution in [2.45, 2.75) is 167 Å². The van der Waals surface area contributed by atoms with Crippen LogP contribution >= 0.6 is 0 Å². The molecule has 36 heavy (non-hydrogen) atoms. The molecule has 0 bridgehead atoms. The number of aliphatic hydroxyl groups is 1. The molecule has 2 rings (SSSR count). The number of hydrogen-bond donors (Lipinski definition) is 1. The smallest absolute Gasteiger partial charge is 0.126 e. The average molecular weight is 507 g/mol. The van der Waals surface area contributed by atoms with Crippen LogP contribution in [0.5, 0.6) is 5.75 Å². The molecule has 3 atom stereocenters. The van der Waals surface area contributed by atoms with E-state index < -0.39 is 0 Å². The molecule has 1 aromatic carbocycles. The van der Waals surface area contributed by atoms with E-state index in [1.807, 2.05) is 0 Å². The third kappa shape index (κ3) is 11.6. The Bertz CT molecular complexity index is 721. The molecule has 0 aromatic heterocycles. The van der Waals surface area contributed by atoms with Crippen molar-refractivity contribution in [3.8, 4) is 5.75 Å². The number of rotatable bonds is 12. The summed E-state index contributed by atoms with van der Waals surface area (Å²) in [5.41, 5.74) is 5.99. The molecule has 2 heteroatoms. The lowest BCUT2D eigenvalue weighted by atomic mass is 9.83. The van der Waals surface area contributed by atoms with Crippen molar-refractivity contribution in [1.82, 2.24) is 0 Å². The SMILES string of the molecule is C.C.CCC(C)CCCC1(C)CCc2c(C)c(CO)c(C)c(C)c2O1.CCCC(C)CCCC(C)C. The Labute approximate surface area is 228 Å². The van der Waals surface area contributed by atoms with Gasteiger partial charge in [-0.05, 0) is 98.9 Å². The van der Waals surface area contributed by atoms with E-state index in [1.165, 1.54) is 73.6 Å². The Balaban J connectivity index is 0. The van der Waals surface area contributed by atoms with E-state index >= 15 is 0 Å². The monoisotopic (exact) mass is 507 g/mol. The first-order valence-corrected chi connectivity index (χ1v) is 14.4. The number of ether oxygens (including phenoxy) is 1. The Kier molecular flexibility index (Phi) is 18.8. The van der Waals surface area contributed by atoms with Crippen molar-refractivity contribution in [3.05, 3.63) is 27.8 Å². The zero-order valence-electron chi connectivity index (χ0n) is 24.6. The summed E-state index contributed by atoms with van der Waals surface area (Å²) in [6, 6.07) is 0. The van der Waals surface area contributed by atoms with Gasteiger partial charge in [0.05, 0.1) is 6.61 Å². The van der Waals surface area contributed by atoms with E-state index in [4.69, 9.17) is 4.74 Å². The first-order valence-electron chi connectivity index (χ1n) is 14.4. The normalized spacial score (nSPS) is 18.1. The number of hydrogen-bond acceptors (Lipinski definition) is 2. The highest BCUT2D eigenvalue weighted by Crippen LogP contribution is 2.42. The van der Waals surface area contributed by atoms with Crippen molar-refractivity contribution in [2.24, 2.45) is 17.8 Å². The largest absolute Gasteiger partial charge is 0.487 e. The number of aliphatic hydroxyl groups excluding tert-OH is 1. The molecule has 214 valence electrons. The van der Waals surface area contributed by atoms with Crippen LogP contribution in [-0.2, 0) is 13.0 Å². The summed E-state index contributed by atoms with van der Waals surface area (Å²) in [6.07, 6.45) is 14.1. The van der Waals surface area contributed by atoms with Crippen LogP contribution in [0.25, 0.3) is 0 Å². The van der Waals surface area contributed by atoms with Gasteiger partial charge in [-0.2, -0.15) is 0 Å². The van der Waals surface area contributed by atoms with Gasteiger partial charge in [0.25, 0.3) is 0 Å². The maximum atomic E-state index is 9.68. The predicted molar refractivity (Wildman–Crippen MR) is 163 cm³/mol. The van der Waals surface area contributed by atoms with Gasteiger partial charge in [0.2, 0.25) is 0 Å². The van der Waals surface area contributed by atoms with Crippen LogP contribution in [0.4, 0.5) is 0 Å². The molecule has 1 aromatic rings. The fourth-order valence-corrected chi connectivity index (χ4v) is 5.34. The van der Waals surface area contributed by atoms with Gasteiger partial charge >= 0.3 is 0 Å². The lowest BCUT2D eigenvalue weighted by Crippen LogP contribution is -2.37. The van der Waals surface area contributed by atoms with E-state index in [0.717, 1.165) is 48.3 Å². The molecule has 1 N–H and O–H groups in total. The van der Waals surface area contributed by atoms with E-state index in [1.54, 1.807) is 0 Å². The quantitative estimate of drug-likeness (QED) is 0.305. The topological polar surface area (TPSA) is 29.5 Å². The fourth-order valence-electron chi connectivity index (χ4n) is 5.34. The minimum absolute atomic E-state index is 0. The van der Waals surface area contributed by atoms with Crippen molar-refractivity contribution in [3.63, 3.8) is 0 Å². The second kappa shape index (κ2) is 18.3. The Morgan fingerprint density at radius 3 is 1.97 bits per heavy atom. The molecule has 0 saturated carbocycles. The van der Waals surface area contributed by atoms with Gasteiger partial charge in [-0.3, -0.25) is 0 Å². The molecule has 0 radical (unpaired) electrons. The zero-order valence-corrected chi connectivity index (χ0v) is 24.6. The minimum Gasteiger partial charge on any atom is -0.487 e. The molecule has 0 amide bonds. The molecule has 0 aliphatic carbocycles. The highest BCUT2D eigenvalue weighted by atomic mass is 16.5. The van der Waals surface area contributed by atoms with Gasteiger partial charge in [0.15, 0.2) is 0 Å². The standard InChI is InChI=1S/C21H34O2.C11H24.2CH4/c1-7-14(2)9-8-11-21(6)12-10-18-17(5)19(13-22)15(3)16(4)20(18)23-21;1-5-7-11(4)9-6-8-10(2)3;;/h14,22H,7-13H2,1-6H3;10-11H,5-9H2,1-4H3;2*1H4. The highest BCUT2D eigenvalue weighted by Gasteiger charge is 2.34. The molecular formula is C34H66O2. The van der Waals surface area contributed by atoms with Crippen LogP contribution in [0.1, 0.15) is 155 Å². The summed E-state index contributed by atoms with van der Waals surface area (Å²) < 4.78 is 6.55. The van der Waals surface area contributed by atoms with Gasteiger partial charge in [0.1, 0.15) is 11.4 Å². The van der Waals surface area contributed by atoms with Crippen molar-refractivity contribution < 1.29 is 9.84 Å². The van der Waals surface area contributed by atoms with E-state index in [2.05, 4.69) is 69.2 Å². The summed E-state index contributed by atoms with van der Waals surface area (Å²) in [5.74, 6) is 3.75. The van der Waals surface area contributed by atoms with Crippen LogP contribution in [0.15, 0.2) is 0 Å². The van der Waals surface area contributed by atoms with Crippen molar-refractivity contribution in [1.29, 1.82) is 0 Å². The van der Waals surface area contributed by atoms with Crippen LogP contribution < -0.4 is 4.74 Å². The summed E-state index contributed by atoms with van der Waals surface area (Å²) in [5, 5.41) is 9.68. The molecule has 3 unspecified atom stereocenters. The van der Waals surface area contributed by atoms with Gasteiger partial charge < -0.3 is 9.84 Å². The molecule has 2 nitrogen and oxygen atoms in total. The van der Waals surface area contributed by atoms with Crippen molar-refractivity contribution in [2.75, 3.05) is 0 Å². The number of fused-ring (bicyclic) bond motifs is 1. The molecule has 1 aliphatic heterocycles. The average Bonchev–Trinajstić information content (AvgIpc) is 2.78. The molecule has 0 spiro atoms. The fraction of sp³-hybridized carbons (Fsp3) is 0.824. The summed E-state index contributed by atoms with van der Waals surface area (Å²) in [4.78, 5) is 0. The van der Waals surface area contributed by atoms with Gasteiger partial charge in [0, 0.05) is 0 Å². The predicted octanol–water partition coefficient (Wildman–Crippen LogP) is 10.9. The summed E-state index contributed by atoms with van der Waals surface area (Å²) in [7, 11) is 0. The molecule has 1 heterocycles. The first kappa shape index (κ1) is 37.1. The third-order valence-electron chi connectivity index (χ3n) is 8.30. The Morgan fingerprint density at radius 2 is 1.44 bits per heavy atom. The lowest BCUT2D eigenvalue weighted by molar-refractivity contribution is 0.0513. The zero-order chi connectivity index (χ0) is 25.9. The lowest BCUT2D eigenvalue weighted by Gasteiger charge is -2.38. The Hall–Kier alpha value is -1.02. The molecule has 0 saturated heterocycles. The van der Waals surface area contributed by atoms with Crippen LogP contribution in [-0.4, -0.2) is 10.7 Å². The molecular weight excluding hydrogens is 440 g/mol. The van der Waals surface area contributed by atoms with E-state index in [9.17, 15) is 5.11 Å². The maximum absolute atomic E-state index is 9.68. The van der Waals surface area contributed by atoms with Gasteiger partial charge in [-0.1, -0.05) is 101 Å². The first-order chi connectivity index (χ1) is 16.0. The second-order valence-electron chi connectivity index (χ2n) is 12.0. The van der Waals surface area contributed by atoms with Crippen LogP contribution in [0.3, 0.4) is 0 Å². The molecule has 0 fully saturated rings. The van der Waals surface area contributed by atoms with Crippen LogP contribution in [0.2, 0.25) is 0 Å². The summed E-state index contributed by atoms with van der Waals surface area (Å²) in [6.45, 7) is 22.7. The van der Waals surface area contributed by atoms with Gasteiger partial charge in [-0.15, -0.1) is 0 Å². The second-order valence-corrected chi connectivity index (χ2v) is 12.0. The highest BCUT2D eigenvalue weighted by molar-refractivity contribution is 5.55. The van der Waals surface area contributed by atoms with Crippen LogP contribution in [0, 0.1) is 38.5 Å². The van der Waals surface area contributed by atoms with E-state index in [0.29, 0.717) is 0 Å².